The van der Waals surface area contributed by atoms with Gasteiger partial charge >= 0.3 is 0 Å². The van der Waals surface area contributed by atoms with Crippen LogP contribution in [0.15, 0.2) is 30.3 Å². The Bertz CT molecular complexity index is 483. The van der Waals surface area contributed by atoms with Gasteiger partial charge in [-0.25, -0.2) is 0 Å². The van der Waals surface area contributed by atoms with Gasteiger partial charge in [-0.3, -0.25) is 4.79 Å². The first-order chi connectivity index (χ1) is 9.47. The lowest BCUT2D eigenvalue weighted by Crippen LogP contribution is -2.27. The number of β-amino-alcohol motifs (C(OH)–C–C–N with tert-alkyl or cyclic N) is 2. The quantitative estimate of drug-likeness (QED) is 0.819. The molecule has 4 nitrogen and oxygen atoms in total. The van der Waals surface area contributed by atoms with Crippen LogP contribution in [0.4, 0.5) is 0 Å². The highest BCUT2D eigenvalue weighted by Crippen LogP contribution is 2.16. The average Bonchev–Trinajstić information content (AvgIpc) is 2.76. The van der Waals surface area contributed by atoms with E-state index in [-0.39, 0.29) is 19.0 Å². The van der Waals surface area contributed by atoms with Crippen molar-refractivity contribution >= 4 is 12.0 Å². The largest absolute Gasteiger partial charge is 0.388 e. The predicted molar refractivity (Wildman–Crippen MR) is 78.2 cm³/mol. The minimum Gasteiger partial charge on any atom is -0.388 e. The van der Waals surface area contributed by atoms with Crippen molar-refractivity contribution in [1.29, 1.82) is 0 Å². The summed E-state index contributed by atoms with van der Waals surface area (Å²) in [5.41, 5.74) is 2.22. The molecule has 4 heteroatoms. The van der Waals surface area contributed by atoms with E-state index in [0.717, 1.165) is 5.56 Å². The fraction of sp³-hybridized carbons (Fsp3) is 0.438. The lowest BCUT2D eigenvalue weighted by Gasteiger charge is -2.12. The second-order valence-corrected chi connectivity index (χ2v) is 5.53. The summed E-state index contributed by atoms with van der Waals surface area (Å²) in [5.74, 6) is 0.302. The van der Waals surface area contributed by atoms with Gasteiger partial charge in [0.25, 0.3) is 0 Å². The maximum absolute atomic E-state index is 11.9. The topological polar surface area (TPSA) is 60.8 Å². The number of aliphatic hydroxyl groups is 2. The van der Waals surface area contributed by atoms with Gasteiger partial charge in [-0.05, 0) is 23.1 Å². The van der Waals surface area contributed by atoms with Crippen LogP contribution >= 0.6 is 0 Å². The molecule has 0 spiro atoms. The first-order valence-electron chi connectivity index (χ1n) is 6.90. The van der Waals surface area contributed by atoms with Crippen LogP contribution in [0.5, 0.6) is 0 Å². The molecule has 1 amide bonds. The van der Waals surface area contributed by atoms with Crippen LogP contribution in [0, 0.1) is 0 Å². The Labute approximate surface area is 119 Å². The smallest absolute Gasteiger partial charge is 0.246 e. The van der Waals surface area contributed by atoms with Crippen molar-refractivity contribution in [1.82, 2.24) is 4.90 Å². The molecule has 0 radical (unpaired) electrons. The molecule has 0 bridgehead atoms. The Morgan fingerprint density at radius 3 is 2.25 bits per heavy atom. The molecule has 2 N–H and O–H groups in total. The van der Waals surface area contributed by atoms with E-state index in [4.69, 9.17) is 0 Å². The molecular weight excluding hydrogens is 254 g/mol. The molecule has 0 aliphatic carbocycles. The van der Waals surface area contributed by atoms with Crippen molar-refractivity contribution < 1.29 is 15.0 Å². The van der Waals surface area contributed by atoms with Crippen LogP contribution in [0.25, 0.3) is 6.08 Å². The summed E-state index contributed by atoms with van der Waals surface area (Å²) in [7, 11) is 0. The molecule has 0 aromatic heterocycles. The summed E-state index contributed by atoms with van der Waals surface area (Å²) in [6.07, 6.45) is 1.56. The summed E-state index contributed by atoms with van der Waals surface area (Å²) in [6.45, 7) is 4.66. The fourth-order valence-corrected chi connectivity index (χ4v) is 2.21. The monoisotopic (exact) mass is 275 g/mol. The molecule has 108 valence electrons. The highest BCUT2D eigenvalue weighted by Gasteiger charge is 2.31. The maximum atomic E-state index is 11.9. The Kier molecular flexibility index (Phi) is 4.57. The first-order valence-corrected chi connectivity index (χ1v) is 6.90. The predicted octanol–water partition coefficient (Wildman–Crippen LogP) is 1.39. The summed E-state index contributed by atoms with van der Waals surface area (Å²) in [4.78, 5) is 13.4. The normalized spacial score (nSPS) is 22.9. The van der Waals surface area contributed by atoms with Crippen molar-refractivity contribution in [2.75, 3.05) is 13.1 Å². The van der Waals surface area contributed by atoms with E-state index >= 15 is 0 Å². The van der Waals surface area contributed by atoms with Gasteiger partial charge in [0.2, 0.25) is 5.91 Å². The van der Waals surface area contributed by atoms with E-state index in [1.54, 1.807) is 6.08 Å². The van der Waals surface area contributed by atoms with Gasteiger partial charge < -0.3 is 15.1 Å². The van der Waals surface area contributed by atoms with Crippen LogP contribution < -0.4 is 0 Å². The number of carbonyl (C=O) groups excluding carboxylic acids is 1. The number of amides is 1. The third kappa shape index (κ3) is 3.46. The van der Waals surface area contributed by atoms with Crippen molar-refractivity contribution in [3.8, 4) is 0 Å². The van der Waals surface area contributed by atoms with E-state index in [0.29, 0.717) is 5.92 Å². The summed E-state index contributed by atoms with van der Waals surface area (Å²) < 4.78 is 0. The molecule has 1 aromatic carbocycles. The van der Waals surface area contributed by atoms with E-state index in [9.17, 15) is 15.0 Å². The SMILES string of the molecule is CC(C)c1ccc(/C=C/C(=O)N2CC(O)C(O)C2)cc1. The Hall–Kier alpha value is -1.65. The molecule has 2 atom stereocenters. The molecule has 0 saturated carbocycles. The van der Waals surface area contributed by atoms with Gasteiger partial charge in [0.05, 0.1) is 12.2 Å². The molecule has 1 saturated heterocycles. The number of benzene rings is 1. The minimum absolute atomic E-state index is 0.187. The number of carbonyl (C=O) groups is 1. The molecule has 1 aliphatic rings. The van der Waals surface area contributed by atoms with Crippen molar-refractivity contribution in [3.63, 3.8) is 0 Å². The van der Waals surface area contributed by atoms with Gasteiger partial charge in [0.1, 0.15) is 0 Å². The zero-order valence-corrected chi connectivity index (χ0v) is 11.9. The van der Waals surface area contributed by atoms with Crippen LogP contribution in [0.2, 0.25) is 0 Å². The molecule has 1 heterocycles. The molecular formula is C16H21NO3. The Balaban J connectivity index is 1.97. The second kappa shape index (κ2) is 6.20. The van der Waals surface area contributed by atoms with Crippen molar-refractivity contribution in [2.45, 2.75) is 32.0 Å². The average molecular weight is 275 g/mol. The van der Waals surface area contributed by atoms with E-state index in [1.165, 1.54) is 16.5 Å². The van der Waals surface area contributed by atoms with Gasteiger partial charge in [0, 0.05) is 19.2 Å². The third-order valence-electron chi connectivity index (χ3n) is 3.59. The lowest BCUT2D eigenvalue weighted by atomic mass is 10.0. The zero-order valence-electron chi connectivity index (χ0n) is 11.9. The van der Waals surface area contributed by atoms with Gasteiger partial charge in [-0.2, -0.15) is 0 Å². The Morgan fingerprint density at radius 2 is 1.75 bits per heavy atom. The molecule has 2 unspecified atom stereocenters. The van der Waals surface area contributed by atoms with Gasteiger partial charge in [-0.1, -0.05) is 38.1 Å². The van der Waals surface area contributed by atoms with E-state index in [2.05, 4.69) is 26.0 Å². The number of hydrogen-bond acceptors (Lipinski definition) is 3. The second-order valence-electron chi connectivity index (χ2n) is 5.53. The maximum Gasteiger partial charge on any atom is 0.246 e. The standard InChI is InChI=1S/C16H21NO3/c1-11(2)13-6-3-12(4-7-13)5-8-16(20)17-9-14(18)15(19)10-17/h3-8,11,14-15,18-19H,9-10H2,1-2H3/b8-5+. The fourth-order valence-electron chi connectivity index (χ4n) is 2.21. The number of nitrogens with zero attached hydrogens (tertiary/aromatic N) is 1. The van der Waals surface area contributed by atoms with Crippen molar-refractivity contribution in [2.24, 2.45) is 0 Å². The summed E-state index contributed by atoms with van der Waals surface area (Å²) in [5, 5.41) is 18.8. The van der Waals surface area contributed by atoms with Gasteiger partial charge in [0.15, 0.2) is 0 Å². The van der Waals surface area contributed by atoms with Crippen LogP contribution in [0.1, 0.15) is 30.9 Å². The third-order valence-corrected chi connectivity index (χ3v) is 3.59. The number of likely N-dealkylation sites (tertiary alicyclic amines) is 1. The van der Waals surface area contributed by atoms with Crippen molar-refractivity contribution in [3.05, 3.63) is 41.5 Å². The number of hydrogen-bond donors (Lipinski definition) is 2. The van der Waals surface area contributed by atoms with E-state index < -0.39 is 12.2 Å². The van der Waals surface area contributed by atoms with Gasteiger partial charge in [-0.15, -0.1) is 0 Å². The highest BCUT2D eigenvalue weighted by molar-refractivity contribution is 5.92. The molecule has 1 fully saturated rings. The molecule has 1 aromatic rings. The van der Waals surface area contributed by atoms with E-state index in [1.807, 2.05) is 12.1 Å². The first kappa shape index (κ1) is 14.8. The number of aliphatic hydroxyl groups excluding tert-OH is 2. The summed E-state index contributed by atoms with van der Waals surface area (Å²) in [6, 6.07) is 8.07. The number of rotatable bonds is 3. The van der Waals surface area contributed by atoms with Crippen LogP contribution in [-0.4, -0.2) is 46.3 Å². The summed E-state index contributed by atoms with van der Waals surface area (Å²) >= 11 is 0. The Morgan fingerprint density at radius 1 is 1.20 bits per heavy atom. The molecule has 1 aliphatic heterocycles. The lowest BCUT2D eigenvalue weighted by molar-refractivity contribution is -0.125. The highest BCUT2D eigenvalue weighted by atomic mass is 16.3. The van der Waals surface area contributed by atoms with Crippen LogP contribution in [-0.2, 0) is 4.79 Å². The van der Waals surface area contributed by atoms with Crippen LogP contribution in [0.3, 0.4) is 0 Å². The molecule has 2 rings (SSSR count). The molecule has 20 heavy (non-hydrogen) atoms. The minimum atomic E-state index is -0.835. The zero-order chi connectivity index (χ0) is 14.7.